The van der Waals surface area contributed by atoms with Crippen molar-refractivity contribution in [3.63, 3.8) is 0 Å². The summed E-state index contributed by atoms with van der Waals surface area (Å²) >= 11 is 0. The van der Waals surface area contributed by atoms with Crippen molar-refractivity contribution in [3.05, 3.63) is 23.8 Å². The van der Waals surface area contributed by atoms with Gasteiger partial charge in [-0.05, 0) is 62.6 Å². The van der Waals surface area contributed by atoms with Gasteiger partial charge < -0.3 is 10.1 Å². The molecule has 0 aromatic heterocycles. The van der Waals surface area contributed by atoms with Gasteiger partial charge in [0.05, 0.1) is 11.0 Å². The van der Waals surface area contributed by atoms with E-state index in [1.807, 2.05) is 6.92 Å². The van der Waals surface area contributed by atoms with Crippen LogP contribution in [0.25, 0.3) is 0 Å². The van der Waals surface area contributed by atoms with Crippen LogP contribution in [0.15, 0.2) is 23.1 Å². The summed E-state index contributed by atoms with van der Waals surface area (Å²) in [6.45, 7) is 5.09. The molecule has 0 radical (unpaired) electrons. The molecular weight excluding hydrogens is 352 g/mol. The van der Waals surface area contributed by atoms with Gasteiger partial charge in [0.25, 0.3) is 0 Å². The molecule has 0 bridgehead atoms. The maximum atomic E-state index is 13.1. The van der Waals surface area contributed by atoms with Crippen molar-refractivity contribution in [1.82, 2.24) is 4.31 Å². The van der Waals surface area contributed by atoms with Crippen molar-refractivity contribution in [2.45, 2.75) is 57.0 Å². The highest BCUT2D eigenvalue weighted by molar-refractivity contribution is 7.89. The summed E-state index contributed by atoms with van der Waals surface area (Å²) in [7, 11) is -3.58. The predicted molar refractivity (Wildman–Crippen MR) is 101 cm³/mol. The Hall–Kier alpha value is -1.44. The Morgan fingerprint density at radius 3 is 2.73 bits per heavy atom. The first kappa shape index (κ1) is 19.3. The van der Waals surface area contributed by atoms with Crippen LogP contribution in [-0.2, 0) is 19.6 Å². The van der Waals surface area contributed by atoms with Crippen molar-refractivity contribution in [2.75, 3.05) is 25.0 Å². The summed E-state index contributed by atoms with van der Waals surface area (Å²) in [4.78, 5) is 11.6. The number of carbonyl (C=O) groups excluding carboxylic acids is 1. The van der Waals surface area contributed by atoms with Crippen molar-refractivity contribution in [3.8, 4) is 0 Å². The largest absolute Gasteiger partial charge is 0.378 e. The van der Waals surface area contributed by atoms with Crippen LogP contribution >= 0.6 is 0 Å². The van der Waals surface area contributed by atoms with Gasteiger partial charge in [0.2, 0.25) is 15.9 Å². The molecule has 3 rings (SSSR count). The van der Waals surface area contributed by atoms with Gasteiger partial charge in [-0.15, -0.1) is 0 Å². The number of ether oxygens (including phenoxy) is 1. The van der Waals surface area contributed by atoms with E-state index in [-0.39, 0.29) is 22.8 Å². The zero-order chi connectivity index (χ0) is 18.7. The predicted octanol–water partition coefficient (Wildman–Crippen LogP) is 2.92. The van der Waals surface area contributed by atoms with E-state index in [0.717, 1.165) is 44.3 Å². The highest BCUT2D eigenvalue weighted by atomic mass is 32.2. The smallest absolute Gasteiger partial charge is 0.243 e. The second-order valence-electron chi connectivity index (χ2n) is 7.33. The molecule has 1 aromatic rings. The first-order chi connectivity index (χ1) is 12.4. The van der Waals surface area contributed by atoms with E-state index in [9.17, 15) is 13.2 Å². The third-order valence-electron chi connectivity index (χ3n) is 5.32. The number of aryl methyl sites for hydroxylation is 1. The fraction of sp³-hybridized carbons (Fsp3) is 0.632. The molecule has 2 atom stereocenters. The monoisotopic (exact) mass is 380 g/mol. The number of nitrogens with one attached hydrogen (secondary N) is 1. The molecule has 1 aromatic carbocycles. The number of sulfonamides is 1. The van der Waals surface area contributed by atoms with Crippen molar-refractivity contribution >= 4 is 21.6 Å². The Kier molecular flexibility index (Phi) is 5.99. The summed E-state index contributed by atoms with van der Waals surface area (Å²) in [5.74, 6) is 0.0502. The minimum atomic E-state index is -3.58. The van der Waals surface area contributed by atoms with E-state index in [0.29, 0.717) is 18.8 Å². The minimum absolute atomic E-state index is 0.176. The minimum Gasteiger partial charge on any atom is -0.378 e. The summed E-state index contributed by atoms with van der Waals surface area (Å²) in [6.07, 6.45) is 5.33. The molecule has 2 saturated heterocycles. The van der Waals surface area contributed by atoms with E-state index >= 15 is 0 Å². The van der Waals surface area contributed by atoms with Crippen molar-refractivity contribution < 1.29 is 17.9 Å². The average Bonchev–Trinajstić information content (AvgIpc) is 2.64. The number of amides is 1. The van der Waals surface area contributed by atoms with Gasteiger partial charge >= 0.3 is 0 Å². The van der Waals surface area contributed by atoms with Gasteiger partial charge in [-0.25, -0.2) is 8.42 Å². The Morgan fingerprint density at radius 1 is 1.23 bits per heavy atom. The van der Waals surface area contributed by atoms with Crippen LogP contribution in [0.4, 0.5) is 5.69 Å². The van der Waals surface area contributed by atoms with E-state index in [2.05, 4.69) is 5.32 Å². The number of carbonyl (C=O) groups is 1. The zero-order valence-corrected chi connectivity index (χ0v) is 16.3. The number of rotatable bonds is 4. The molecule has 2 fully saturated rings. The van der Waals surface area contributed by atoms with Crippen LogP contribution in [0.3, 0.4) is 0 Å². The first-order valence-corrected chi connectivity index (χ1v) is 10.8. The maximum Gasteiger partial charge on any atom is 0.243 e. The number of hydrogen-bond donors (Lipinski definition) is 1. The number of benzene rings is 1. The summed E-state index contributed by atoms with van der Waals surface area (Å²) < 4.78 is 33.8. The van der Waals surface area contributed by atoms with Crippen molar-refractivity contribution in [2.24, 2.45) is 5.92 Å². The standard InChI is InChI=1S/C19H28N2O4S/c1-14-8-9-17(12-18(14)20-15(2)22)26(23,24)21-10-5-6-16(13-21)19-7-3-4-11-25-19/h8-9,12,16,19H,3-7,10-11,13H2,1-2H3,(H,20,22). The van der Waals surface area contributed by atoms with Crippen LogP contribution < -0.4 is 5.32 Å². The molecule has 1 N–H and O–H groups in total. The fourth-order valence-electron chi connectivity index (χ4n) is 3.87. The third-order valence-corrected chi connectivity index (χ3v) is 7.18. The Balaban J connectivity index is 1.79. The number of hydrogen-bond acceptors (Lipinski definition) is 4. The fourth-order valence-corrected chi connectivity index (χ4v) is 5.43. The second-order valence-corrected chi connectivity index (χ2v) is 9.27. The lowest BCUT2D eigenvalue weighted by molar-refractivity contribution is -0.114. The van der Waals surface area contributed by atoms with Gasteiger partial charge in [-0.3, -0.25) is 4.79 Å². The summed E-state index contributed by atoms with van der Waals surface area (Å²) in [5, 5.41) is 2.71. The maximum absolute atomic E-state index is 13.1. The van der Waals surface area contributed by atoms with E-state index in [4.69, 9.17) is 4.74 Å². The Bertz CT molecular complexity index is 757. The normalized spacial score (nSPS) is 25.0. The highest BCUT2D eigenvalue weighted by Gasteiger charge is 2.35. The SMILES string of the molecule is CC(=O)Nc1cc(S(=O)(=O)N2CCCC(C3CCCCO3)C2)ccc1C. The lowest BCUT2D eigenvalue weighted by Gasteiger charge is -2.37. The van der Waals surface area contributed by atoms with E-state index in [1.54, 1.807) is 22.5 Å². The molecule has 6 nitrogen and oxygen atoms in total. The molecule has 1 amide bonds. The highest BCUT2D eigenvalue weighted by Crippen LogP contribution is 2.31. The molecule has 7 heteroatoms. The van der Waals surface area contributed by atoms with Crippen LogP contribution in [0.1, 0.15) is 44.6 Å². The van der Waals surface area contributed by atoms with Crippen LogP contribution in [0.5, 0.6) is 0 Å². The summed E-state index contributed by atoms with van der Waals surface area (Å²) in [6, 6.07) is 4.92. The molecule has 2 heterocycles. The summed E-state index contributed by atoms with van der Waals surface area (Å²) in [5.41, 5.74) is 1.38. The molecular formula is C19H28N2O4S. The van der Waals surface area contributed by atoms with E-state index in [1.165, 1.54) is 6.92 Å². The number of anilines is 1. The van der Waals surface area contributed by atoms with Gasteiger partial charge in [0, 0.05) is 32.3 Å². The number of nitrogens with zero attached hydrogens (tertiary/aromatic N) is 1. The number of piperidine rings is 1. The molecule has 144 valence electrons. The molecule has 0 saturated carbocycles. The van der Waals surface area contributed by atoms with Gasteiger partial charge in [-0.1, -0.05) is 6.07 Å². The average molecular weight is 381 g/mol. The lowest BCUT2D eigenvalue weighted by atomic mass is 9.89. The second kappa shape index (κ2) is 8.06. The molecule has 0 spiro atoms. The van der Waals surface area contributed by atoms with Crippen LogP contribution in [0.2, 0.25) is 0 Å². The molecule has 2 unspecified atom stereocenters. The van der Waals surface area contributed by atoms with Crippen LogP contribution in [0, 0.1) is 12.8 Å². The van der Waals surface area contributed by atoms with Gasteiger partial charge in [0.15, 0.2) is 0 Å². The Labute approximate surface area is 156 Å². The van der Waals surface area contributed by atoms with Gasteiger partial charge in [-0.2, -0.15) is 4.31 Å². The third kappa shape index (κ3) is 4.27. The van der Waals surface area contributed by atoms with E-state index < -0.39 is 10.0 Å². The van der Waals surface area contributed by atoms with Gasteiger partial charge in [0.1, 0.15) is 0 Å². The quantitative estimate of drug-likeness (QED) is 0.871. The topological polar surface area (TPSA) is 75.7 Å². The molecule has 2 aliphatic heterocycles. The van der Waals surface area contributed by atoms with Crippen molar-refractivity contribution in [1.29, 1.82) is 0 Å². The zero-order valence-electron chi connectivity index (χ0n) is 15.5. The molecule has 0 aliphatic carbocycles. The molecule has 2 aliphatic rings. The lowest BCUT2D eigenvalue weighted by Crippen LogP contribution is -2.44. The molecule has 26 heavy (non-hydrogen) atoms. The Morgan fingerprint density at radius 2 is 2.04 bits per heavy atom. The first-order valence-electron chi connectivity index (χ1n) is 9.38. The van der Waals surface area contributed by atoms with Crippen LogP contribution in [-0.4, -0.2) is 44.4 Å².